The molecule has 0 saturated heterocycles. The first-order valence-corrected chi connectivity index (χ1v) is 9.19. The Hall–Kier alpha value is -1.64. The number of hydrogen-bond acceptors (Lipinski definition) is 6. The minimum Gasteiger partial charge on any atom is -0.379 e. The predicted molar refractivity (Wildman–Crippen MR) is 105 cm³/mol. The van der Waals surface area contributed by atoms with Crippen molar-refractivity contribution in [2.24, 2.45) is 10.7 Å². The maximum atomic E-state index is 14.4. The minimum absolute atomic E-state index is 0. The number of carbonyl (C=O) groups excluding carboxylic acids is 1. The van der Waals surface area contributed by atoms with E-state index in [4.69, 9.17) is 5.73 Å². The van der Waals surface area contributed by atoms with Gasteiger partial charge in [0.1, 0.15) is 10.7 Å². The van der Waals surface area contributed by atoms with E-state index >= 15 is 0 Å². The average molecular weight is 401 g/mol. The van der Waals surface area contributed by atoms with Crippen LogP contribution in [-0.2, 0) is 5.54 Å². The summed E-state index contributed by atoms with van der Waals surface area (Å²) >= 11 is 2.78. The molecule has 134 valence electrons. The van der Waals surface area contributed by atoms with Crippen molar-refractivity contribution in [1.29, 1.82) is 0 Å². The lowest BCUT2D eigenvalue weighted by molar-refractivity contribution is 0.103. The first-order valence-electron chi connectivity index (χ1n) is 7.39. The van der Waals surface area contributed by atoms with Crippen LogP contribution in [0.3, 0.4) is 0 Å². The van der Waals surface area contributed by atoms with E-state index in [2.05, 4.69) is 15.3 Å². The molecule has 2 aromatic rings. The fourth-order valence-corrected chi connectivity index (χ4v) is 4.20. The van der Waals surface area contributed by atoms with Gasteiger partial charge in [0.05, 0.1) is 16.7 Å². The molecule has 3 N–H and O–H groups in total. The topological polar surface area (TPSA) is 80.4 Å². The number of amides is 1. The highest BCUT2D eigenvalue weighted by Crippen LogP contribution is 2.37. The average Bonchev–Trinajstić information content (AvgIpc) is 2.95. The van der Waals surface area contributed by atoms with Crippen LogP contribution in [-0.4, -0.2) is 21.8 Å². The number of nitrogens with one attached hydrogen (secondary N) is 1. The molecule has 9 heteroatoms. The van der Waals surface area contributed by atoms with Crippen molar-refractivity contribution in [3.8, 4) is 0 Å². The molecular formula is C16H18ClFN4OS2. The summed E-state index contributed by atoms with van der Waals surface area (Å²) in [5, 5.41) is 4.06. The normalized spacial score (nSPS) is 19.7. The maximum absolute atomic E-state index is 14.4. The van der Waals surface area contributed by atoms with Gasteiger partial charge in [-0.3, -0.25) is 9.79 Å². The van der Waals surface area contributed by atoms with E-state index in [-0.39, 0.29) is 24.1 Å². The van der Waals surface area contributed by atoms with E-state index < -0.39 is 5.54 Å². The van der Waals surface area contributed by atoms with Crippen LogP contribution in [0.4, 0.5) is 10.1 Å². The highest BCUT2D eigenvalue weighted by molar-refractivity contribution is 8.13. The molecule has 0 fully saturated rings. The lowest BCUT2D eigenvalue weighted by Crippen LogP contribution is -2.29. The maximum Gasteiger partial charge on any atom is 0.267 e. The lowest BCUT2D eigenvalue weighted by Gasteiger charge is -2.30. The van der Waals surface area contributed by atoms with Crippen LogP contribution in [0.2, 0.25) is 0 Å². The van der Waals surface area contributed by atoms with Crippen LogP contribution >= 0.6 is 35.5 Å². The van der Waals surface area contributed by atoms with E-state index in [1.165, 1.54) is 35.4 Å². The van der Waals surface area contributed by atoms with Crippen molar-refractivity contribution in [2.45, 2.75) is 25.8 Å². The van der Waals surface area contributed by atoms with Gasteiger partial charge in [-0.05, 0) is 38.5 Å². The zero-order valence-electron chi connectivity index (χ0n) is 13.7. The van der Waals surface area contributed by atoms with E-state index in [1.54, 1.807) is 12.1 Å². The number of thioether (sulfide) groups is 1. The van der Waals surface area contributed by atoms with E-state index in [0.29, 0.717) is 27.7 Å². The fourth-order valence-electron chi connectivity index (χ4n) is 2.56. The largest absolute Gasteiger partial charge is 0.379 e. The summed E-state index contributed by atoms with van der Waals surface area (Å²) in [5.41, 5.74) is 6.05. The van der Waals surface area contributed by atoms with Gasteiger partial charge in [0.2, 0.25) is 0 Å². The number of nitrogens with two attached hydrogens (primary N) is 1. The molecule has 0 radical (unpaired) electrons. The lowest BCUT2D eigenvalue weighted by atomic mass is 9.89. The van der Waals surface area contributed by atoms with Gasteiger partial charge in [0.15, 0.2) is 5.17 Å². The molecule has 5 nitrogen and oxygen atoms in total. The van der Waals surface area contributed by atoms with Gasteiger partial charge in [0, 0.05) is 17.0 Å². The summed E-state index contributed by atoms with van der Waals surface area (Å²) in [6, 6.07) is 4.52. The number of carbonyl (C=O) groups is 1. The highest BCUT2D eigenvalue weighted by atomic mass is 35.5. The number of rotatable bonds is 3. The van der Waals surface area contributed by atoms with Crippen LogP contribution < -0.4 is 11.1 Å². The third kappa shape index (κ3) is 4.31. The Bertz CT molecular complexity index is 826. The summed E-state index contributed by atoms with van der Waals surface area (Å²) in [7, 11) is 0. The zero-order valence-corrected chi connectivity index (χ0v) is 16.2. The molecule has 0 aliphatic carbocycles. The number of aliphatic imine (C=N–C) groups is 1. The van der Waals surface area contributed by atoms with Gasteiger partial charge in [-0.25, -0.2) is 9.37 Å². The molecule has 0 bridgehead atoms. The summed E-state index contributed by atoms with van der Waals surface area (Å²) in [5.74, 6) is 0.167. The first kappa shape index (κ1) is 19.7. The Balaban J connectivity index is 0.00000225. The van der Waals surface area contributed by atoms with Crippen LogP contribution in [0, 0.1) is 12.7 Å². The summed E-state index contributed by atoms with van der Waals surface area (Å²) in [6.45, 7) is 3.69. The summed E-state index contributed by atoms with van der Waals surface area (Å²) in [6.07, 6.45) is 2.21. The zero-order chi connectivity index (χ0) is 17.3. The van der Waals surface area contributed by atoms with Crippen molar-refractivity contribution < 1.29 is 9.18 Å². The van der Waals surface area contributed by atoms with Crippen LogP contribution in [0.15, 0.2) is 29.4 Å². The quantitative estimate of drug-likeness (QED) is 0.817. The second kappa shape index (κ2) is 7.72. The standard InChI is InChI=1S/C16H17FN4OS2.ClH/c1-9-19-8-13(24-9)14(22)20-10-3-4-12(17)11(7-10)16(2)5-6-23-15(18)21-16;/h3-4,7-8H,5-6H2,1-2H3,(H2,18,21)(H,20,22);1H/t16-;/m0./s1. The molecule has 0 saturated carbocycles. The molecule has 1 atom stereocenters. The van der Waals surface area contributed by atoms with Crippen molar-refractivity contribution in [2.75, 3.05) is 11.1 Å². The second-order valence-electron chi connectivity index (χ2n) is 5.71. The van der Waals surface area contributed by atoms with E-state index in [1.807, 2.05) is 13.8 Å². The molecule has 1 amide bonds. The molecule has 3 rings (SSSR count). The smallest absolute Gasteiger partial charge is 0.267 e. The Morgan fingerprint density at radius 1 is 1.44 bits per heavy atom. The van der Waals surface area contributed by atoms with Crippen LogP contribution in [0.25, 0.3) is 0 Å². The van der Waals surface area contributed by atoms with Gasteiger partial charge < -0.3 is 11.1 Å². The number of nitrogens with zero attached hydrogens (tertiary/aromatic N) is 2. The molecule has 2 heterocycles. The van der Waals surface area contributed by atoms with Gasteiger partial charge in [0.25, 0.3) is 5.91 Å². The second-order valence-corrected chi connectivity index (χ2v) is 8.06. The third-order valence-electron chi connectivity index (χ3n) is 3.85. The Morgan fingerprint density at radius 3 is 2.84 bits per heavy atom. The monoisotopic (exact) mass is 400 g/mol. The first-order chi connectivity index (χ1) is 11.4. The van der Waals surface area contributed by atoms with E-state index in [0.717, 1.165) is 10.8 Å². The predicted octanol–water partition coefficient (Wildman–Crippen LogP) is 3.93. The molecule has 1 aliphatic rings. The molecule has 0 unspecified atom stereocenters. The number of thiazole rings is 1. The van der Waals surface area contributed by atoms with Gasteiger partial charge in [-0.2, -0.15) is 0 Å². The summed E-state index contributed by atoms with van der Waals surface area (Å²) in [4.78, 5) is 21.3. The van der Waals surface area contributed by atoms with Crippen molar-refractivity contribution >= 4 is 52.3 Å². The van der Waals surface area contributed by atoms with Crippen molar-refractivity contribution in [3.63, 3.8) is 0 Å². The minimum atomic E-state index is -0.721. The Labute approximate surface area is 159 Å². The molecule has 0 spiro atoms. The number of benzene rings is 1. The number of aryl methyl sites for hydroxylation is 1. The third-order valence-corrected chi connectivity index (χ3v) is 5.55. The molecule has 1 aromatic heterocycles. The fraction of sp³-hybridized carbons (Fsp3) is 0.312. The van der Waals surface area contributed by atoms with Crippen LogP contribution in [0.5, 0.6) is 0 Å². The van der Waals surface area contributed by atoms with Crippen molar-refractivity contribution in [1.82, 2.24) is 4.98 Å². The molecule has 1 aliphatic heterocycles. The van der Waals surface area contributed by atoms with Gasteiger partial charge >= 0.3 is 0 Å². The van der Waals surface area contributed by atoms with Gasteiger partial charge in [-0.15, -0.1) is 23.7 Å². The molecule has 25 heavy (non-hydrogen) atoms. The number of hydrogen-bond donors (Lipinski definition) is 2. The van der Waals surface area contributed by atoms with Crippen molar-refractivity contribution in [3.05, 3.63) is 45.7 Å². The Morgan fingerprint density at radius 2 is 2.20 bits per heavy atom. The van der Waals surface area contributed by atoms with Gasteiger partial charge in [-0.1, -0.05) is 11.8 Å². The molecular weight excluding hydrogens is 383 g/mol. The summed E-state index contributed by atoms with van der Waals surface area (Å²) < 4.78 is 14.4. The number of aromatic nitrogens is 1. The number of anilines is 1. The molecule has 1 aromatic carbocycles. The van der Waals surface area contributed by atoms with Crippen LogP contribution in [0.1, 0.15) is 33.6 Å². The SMILES string of the molecule is Cc1ncc(C(=O)Nc2ccc(F)c([C@]3(C)CCSC(N)=N3)c2)s1.Cl. The highest BCUT2D eigenvalue weighted by Gasteiger charge is 2.32. The van der Waals surface area contributed by atoms with E-state index in [9.17, 15) is 9.18 Å². The Kier molecular flexibility index (Phi) is 6.08. The number of amidine groups is 1. The number of halogens is 2.